The van der Waals surface area contributed by atoms with E-state index in [1.54, 1.807) is 0 Å². The van der Waals surface area contributed by atoms with Gasteiger partial charge in [0, 0.05) is 24.3 Å². The van der Waals surface area contributed by atoms with Crippen LogP contribution in [0.1, 0.15) is 31.2 Å². The summed E-state index contributed by atoms with van der Waals surface area (Å²) in [6.07, 6.45) is 4.21. The Balaban J connectivity index is 1.70. The number of hydrogen-bond donors (Lipinski definition) is 2. The van der Waals surface area contributed by atoms with Gasteiger partial charge in [0.1, 0.15) is 0 Å². The maximum Gasteiger partial charge on any atom is 0.224 e. The lowest BCUT2D eigenvalue weighted by atomic mass is 10.1. The molecule has 3 N–H and O–H groups in total. The first-order valence-corrected chi connectivity index (χ1v) is 7.39. The Bertz CT molecular complexity index is 469. The van der Waals surface area contributed by atoms with Crippen molar-refractivity contribution >= 4 is 17.3 Å². The molecule has 1 amide bonds. The molecule has 1 aliphatic rings. The van der Waals surface area contributed by atoms with E-state index in [-0.39, 0.29) is 5.91 Å². The average molecular weight is 275 g/mol. The molecule has 0 aliphatic heterocycles. The van der Waals surface area contributed by atoms with Gasteiger partial charge in [0.05, 0.1) is 0 Å². The number of amides is 1. The van der Waals surface area contributed by atoms with E-state index in [9.17, 15) is 4.79 Å². The van der Waals surface area contributed by atoms with Crippen molar-refractivity contribution in [2.45, 2.75) is 32.6 Å². The van der Waals surface area contributed by atoms with E-state index < -0.39 is 0 Å². The summed E-state index contributed by atoms with van der Waals surface area (Å²) in [5, 5.41) is 2.94. The zero-order valence-corrected chi connectivity index (χ0v) is 12.5. The van der Waals surface area contributed by atoms with Crippen LogP contribution < -0.4 is 11.1 Å². The molecular formula is C16H25N3O. The number of nitrogens with one attached hydrogen (secondary N) is 1. The lowest BCUT2D eigenvalue weighted by molar-refractivity contribution is -0.116. The molecule has 4 heteroatoms. The van der Waals surface area contributed by atoms with Crippen molar-refractivity contribution in [3.05, 3.63) is 23.8 Å². The number of carbonyl (C=O) groups excluding carboxylic acids is 1. The Morgan fingerprint density at radius 1 is 1.45 bits per heavy atom. The fourth-order valence-corrected chi connectivity index (χ4v) is 2.33. The largest absolute Gasteiger partial charge is 0.399 e. The number of nitrogens with two attached hydrogens (primary N) is 1. The summed E-state index contributed by atoms with van der Waals surface area (Å²) in [6.45, 7) is 4.13. The molecule has 1 aromatic rings. The SMILES string of the molecule is Cc1ccc(N)cc1NC(=O)CCCN(C)CC1CC1. The highest BCUT2D eigenvalue weighted by atomic mass is 16.1. The van der Waals surface area contributed by atoms with E-state index in [0.29, 0.717) is 12.1 Å². The normalized spacial score (nSPS) is 14.6. The van der Waals surface area contributed by atoms with Gasteiger partial charge in [-0.05, 0) is 63.4 Å². The number of rotatable bonds is 7. The lowest BCUT2D eigenvalue weighted by Crippen LogP contribution is -2.23. The van der Waals surface area contributed by atoms with Crippen LogP contribution in [0.4, 0.5) is 11.4 Å². The Morgan fingerprint density at radius 2 is 2.20 bits per heavy atom. The van der Waals surface area contributed by atoms with Crippen LogP contribution in [0.3, 0.4) is 0 Å². The fourth-order valence-electron chi connectivity index (χ4n) is 2.33. The molecule has 110 valence electrons. The number of benzene rings is 1. The minimum atomic E-state index is 0.0681. The average Bonchev–Trinajstić information content (AvgIpc) is 3.17. The van der Waals surface area contributed by atoms with Crippen LogP contribution in [0.2, 0.25) is 0 Å². The zero-order chi connectivity index (χ0) is 14.5. The molecule has 0 saturated heterocycles. The maximum absolute atomic E-state index is 11.9. The molecule has 0 heterocycles. The van der Waals surface area contributed by atoms with Crippen LogP contribution >= 0.6 is 0 Å². The molecule has 1 saturated carbocycles. The summed E-state index contributed by atoms with van der Waals surface area (Å²) in [5.41, 5.74) is 8.27. The smallest absolute Gasteiger partial charge is 0.224 e. The number of nitrogens with zero attached hydrogens (tertiary/aromatic N) is 1. The first-order valence-electron chi connectivity index (χ1n) is 7.39. The second-order valence-electron chi connectivity index (χ2n) is 5.93. The second-order valence-corrected chi connectivity index (χ2v) is 5.93. The molecule has 0 unspecified atom stereocenters. The van der Waals surface area contributed by atoms with Crippen LogP contribution in [0.25, 0.3) is 0 Å². The molecule has 1 aliphatic carbocycles. The van der Waals surface area contributed by atoms with E-state index >= 15 is 0 Å². The Labute approximate surface area is 121 Å². The predicted molar refractivity (Wildman–Crippen MR) is 83.7 cm³/mol. The topological polar surface area (TPSA) is 58.4 Å². The quantitative estimate of drug-likeness (QED) is 0.752. The Morgan fingerprint density at radius 3 is 2.90 bits per heavy atom. The molecule has 20 heavy (non-hydrogen) atoms. The zero-order valence-electron chi connectivity index (χ0n) is 12.5. The van der Waals surface area contributed by atoms with Crippen molar-refractivity contribution < 1.29 is 4.79 Å². The summed E-state index contributed by atoms with van der Waals surface area (Å²) in [7, 11) is 2.14. The highest BCUT2D eigenvalue weighted by molar-refractivity contribution is 5.91. The number of hydrogen-bond acceptors (Lipinski definition) is 3. The minimum Gasteiger partial charge on any atom is -0.399 e. The van der Waals surface area contributed by atoms with Gasteiger partial charge in [-0.1, -0.05) is 6.07 Å². The van der Waals surface area contributed by atoms with Crippen LogP contribution in [-0.4, -0.2) is 30.9 Å². The summed E-state index contributed by atoms with van der Waals surface area (Å²) < 4.78 is 0. The molecule has 0 spiro atoms. The lowest BCUT2D eigenvalue weighted by Gasteiger charge is -2.15. The third-order valence-corrected chi connectivity index (χ3v) is 3.75. The minimum absolute atomic E-state index is 0.0681. The van der Waals surface area contributed by atoms with Gasteiger partial charge in [0.15, 0.2) is 0 Å². The van der Waals surface area contributed by atoms with E-state index in [1.165, 1.54) is 19.4 Å². The standard InChI is InChI=1S/C16H25N3O/c1-12-5-8-14(17)10-15(12)18-16(20)4-3-9-19(2)11-13-6-7-13/h5,8,10,13H,3-4,6-7,9,11,17H2,1-2H3,(H,18,20). The van der Waals surface area contributed by atoms with E-state index in [2.05, 4.69) is 17.3 Å². The molecule has 4 nitrogen and oxygen atoms in total. The number of aryl methyl sites for hydroxylation is 1. The van der Waals surface area contributed by atoms with Crippen LogP contribution in [0, 0.1) is 12.8 Å². The van der Waals surface area contributed by atoms with Crippen molar-refractivity contribution in [2.75, 3.05) is 31.2 Å². The van der Waals surface area contributed by atoms with E-state index in [4.69, 9.17) is 5.73 Å². The summed E-state index contributed by atoms with van der Waals surface area (Å²) >= 11 is 0. The van der Waals surface area contributed by atoms with E-state index in [0.717, 1.165) is 30.1 Å². The maximum atomic E-state index is 11.9. The van der Waals surface area contributed by atoms with Crippen molar-refractivity contribution in [2.24, 2.45) is 5.92 Å². The number of nitrogen functional groups attached to an aromatic ring is 1. The van der Waals surface area contributed by atoms with E-state index in [1.807, 2.05) is 25.1 Å². The second kappa shape index (κ2) is 6.75. The summed E-state index contributed by atoms with van der Waals surface area (Å²) in [4.78, 5) is 14.3. The van der Waals surface area contributed by atoms with Crippen molar-refractivity contribution in [3.63, 3.8) is 0 Å². The molecule has 0 aromatic heterocycles. The van der Waals surface area contributed by atoms with Crippen molar-refractivity contribution in [1.82, 2.24) is 4.90 Å². The van der Waals surface area contributed by atoms with Gasteiger partial charge in [-0.2, -0.15) is 0 Å². The molecule has 1 fully saturated rings. The van der Waals surface area contributed by atoms with Crippen LogP contribution in [0.5, 0.6) is 0 Å². The summed E-state index contributed by atoms with van der Waals surface area (Å²) in [6, 6.07) is 5.58. The van der Waals surface area contributed by atoms with Gasteiger partial charge in [-0.3, -0.25) is 4.79 Å². The highest BCUT2D eigenvalue weighted by Crippen LogP contribution is 2.29. The Hall–Kier alpha value is -1.55. The third-order valence-electron chi connectivity index (χ3n) is 3.75. The van der Waals surface area contributed by atoms with Gasteiger partial charge >= 0.3 is 0 Å². The monoisotopic (exact) mass is 275 g/mol. The van der Waals surface area contributed by atoms with Crippen LogP contribution in [-0.2, 0) is 4.79 Å². The molecule has 0 bridgehead atoms. The highest BCUT2D eigenvalue weighted by Gasteiger charge is 2.22. The molecular weight excluding hydrogens is 250 g/mol. The van der Waals surface area contributed by atoms with Gasteiger partial charge in [-0.15, -0.1) is 0 Å². The molecule has 1 aromatic carbocycles. The van der Waals surface area contributed by atoms with Gasteiger partial charge in [-0.25, -0.2) is 0 Å². The summed E-state index contributed by atoms with van der Waals surface area (Å²) in [5.74, 6) is 0.974. The van der Waals surface area contributed by atoms with Crippen LogP contribution in [0.15, 0.2) is 18.2 Å². The van der Waals surface area contributed by atoms with Crippen molar-refractivity contribution in [1.29, 1.82) is 0 Å². The third kappa shape index (κ3) is 4.85. The first-order chi connectivity index (χ1) is 9.54. The van der Waals surface area contributed by atoms with Gasteiger partial charge in [0.25, 0.3) is 0 Å². The number of carbonyl (C=O) groups is 1. The predicted octanol–water partition coefficient (Wildman–Crippen LogP) is 2.64. The first kappa shape index (κ1) is 14.9. The molecule has 0 atom stereocenters. The van der Waals surface area contributed by atoms with Gasteiger partial charge in [0.2, 0.25) is 5.91 Å². The molecule has 0 radical (unpaired) electrons. The van der Waals surface area contributed by atoms with Gasteiger partial charge < -0.3 is 16.0 Å². The Kier molecular flexibility index (Phi) is 5.01. The number of anilines is 2. The van der Waals surface area contributed by atoms with Crippen molar-refractivity contribution in [3.8, 4) is 0 Å². The fraction of sp³-hybridized carbons (Fsp3) is 0.562. The molecule has 2 rings (SSSR count).